The van der Waals surface area contributed by atoms with Gasteiger partial charge >= 0.3 is 0 Å². The van der Waals surface area contributed by atoms with E-state index in [1.807, 2.05) is 19.1 Å². The van der Waals surface area contributed by atoms with Crippen LogP contribution in [0.2, 0.25) is 0 Å². The lowest BCUT2D eigenvalue weighted by Crippen LogP contribution is -2.51. The van der Waals surface area contributed by atoms with Crippen molar-refractivity contribution >= 4 is 29.3 Å². The molecule has 1 saturated carbocycles. The lowest BCUT2D eigenvalue weighted by molar-refractivity contribution is 0.0876. The number of fused-ring (bicyclic) bond motifs is 1. The average molecular weight is 323 g/mol. The van der Waals surface area contributed by atoms with E-state index in [1.54, 1.807) is 0 Å². The lowest BCUT2D eigenvalue weighted by atomic mass is 9.97. The number of carbonyl (C=O) groups excluding carboxylic acids is 1. The van der Waals surface area contributed by atoms with E-state index in [0.717, 1.165) is 42.2 Å². The number of benzene rings is 1. The van der Waals surface area contributed by atoms with Gasteiger partial charge in [-0.3, -0.25) is 4.79 Å². The van der Waals surface area contributed by atoms with E-state index in [0.29, 0.717) is 12.3 Å². The number of aryl methyl sites for hydroxylation is 2. The van der Waals surface area contributed by atoms with Crippen LogP contribution < -0.4 is 11.1 Å². The molecule has 0 atom stereocenters. The minimum absolute atomic E-state index is 0. The van der Waals surface area contributed by atoms with E-state index < -0.39 is 0 Å². The summed E-state index contributed by atoms with van der Waals surface area (Å²) in [4.78, 5) is 12.4. The van der Waals surface area contributed by atoms with Crippen LogP contribution >= 0.6 is 12.4 Å². The van der Waals surface area contributed by atoms with Gasteiger partial charge in [-0.15, -0.1) is 12.4 Å². The molecule has 2 aromatic rings. The molecule has 1 amide bonds. The van der Waals surface area contributed by atoms with Gasteiger partial charge in [-0.2, -0.15) is 0 Å². The Morgan fingerprint density at radius 2 is 1.86 bits per heavy atom. The first-order valence-electron chi connectivity index (χ1n) is 7.56. The summed E-state index contributed by atoms with van der Waals surface area (Å²) in [6.45, 7) is 4.58. The molecule has 4 nitrogen and oxygen atoms in total. The topological polar surface area (TPSA) is 68.3 Å². The monoisotopic (exact) mass is 322 g/mol. The maximum atomic E-state index is 12.4. The summed E-state index contributed by atoms with van der Waals surface area (Å²) >= 11 is 0. The molecule has 1 aromatic carbocycles. The standard InChI is InChI=1S/C17H22N2O2.ClH/c1-11-7-13-9-15(21-14(13)8-12(11)2)16(20)19-17(10-18)5-3-4-6-17;/h7-9H,3-6,10,18H2,1-2H3,(H,19,20);1H. The van der Waals surface area contributed by atoms with Gasteiger partial charge in [-0.05, 0) is 56.0 Å². The van der Waals surface area contributed by atoms with Crippen LogP contribution in [0.1, 0.15) is 47.4 Å². The second-order valence-electron chi connectivity index (χ2n) is 6.23. The van der Waals surface area contributed by atoms with Gasteiger partial charge in [0.25, 0.3) is 5.91 Å². The first-order valence-corrected chi connectivity index (χ1v) is 7.56. The van der Waals surface area contributed by atoms with Crippen LogP contribution in [0.15, 0.2) is 22.6 Å². The molecule has 3 rings (SSSR count). The number of furan rings is 1. The van der Waals surface area contributed by atoms with Gasteiger partial charge in [0, 0.05) is 11.9 Å². The van der Waals surface area contributed by atoms with Crippen molar-refractivity contribution in [3.63, 3.8) is 0 Å². The maximum absolute atomic E-state index is 12.4. The van der Waals surface area contributed by atoms with Crippen LogP contribution in [0.4, 0.5) is 0 Å². The minimum atomic E-state index is -0.248. The fourth-order valence-corrected chi connectivity index (χ4v) is 3.15. The van der Waals surface area contributed by atoms with Crippen LogP contribution in [0, 0.1) is 13.8 Å². The smallest absolute Gasteiger partial charge is 0.287 e. The van der Waals surface area contributed by atoms with Gasteiger partial charge < -0.3 is 15.5 Å². The Labute approximate surface area is 136 Å². The molecular weight excluding hydrogens is 300 g/mol. The summed E-state index contributed by atoms with van der Waals surface area (Å²) < 4.78 is 5.71. The van der Waals surface area contributed by atoms with Gasteiger partial charge in [0.2, 0.25) is 0 Å². The summed E-state index contributed by atoms with van der Waals surface area (Å²) in [6.07, 6.45) is 4.15. The molecule has 0 radical (unpaired) electrons. The fraction of sp³-hybridized carbons (Fsp3) is 0.471. The Hall–Kier alpha value is -1.52. The third kappa shape index (κ3) is 2.99. The van der Waals surface area contributed by atoms with Crippen LogP contribution in [0.3, 0.4) is 0 Å². The number of nitrogens with one attached hydrogen (secondary N) is 1. The molecular formula is C17H23ClN2O2. The number of carbonyl (C=O) groups is 1. The molecule has 0 bridgehead atoms. The van der Waals surface area contributed by atoms with Crippen molar-refractivity contribution in [2.24, 2.45) is 5.73 Å². The molecule has 1 aliphatic rings. The zero-order valence-corrected chi connectivity index (χ0v) is 13.9. The minimum Gasteiger partial charge on any atom is -0.451 e. The number of hydrogen-bond acceptors (Lipinski definition) is 3. The summed E-state index contributed by atoms with van der Waals surface area (Å²) in [5.74, 6) is 0.212. The van der Waals surface area contributed by atoms with Crippen molar-refractivity contribution in [1.82, 2.24) is 5.32 Å². The predicted molar refractivity (Wildman–Crippen MR) is 90.7 cm³/mol. The van der Waals surface area contributed by atoms with Gasteiger partial charge in [0.1, 0.15) is 5.58 Å². The highest BCUT2D eigenvalue weighted by Gasteiger charge is 2.34. The van der Waals surface area contributed by atoms with Crippen molar-refractivity contribution in [2.75, 3.05) is 6.54 Å². The largest absolute Gasteiger partial charge is 0.451 e. The van der Waals surface area contributed by atoms with E-state index in [-0.39, 0.29) is 23.9 Å². The van der Waals surface area contributed by atoms with Crippen molar-refractivity contribution in [2.45, 2.75) is 45.1 Å². The zero-order valence-electron chi connectivity index (χ0n) is 13.1. The third-order valence-corrected chi connectivity index (χ3v) is 4.69. The van der Waals surface area contributed by atoms with Gasteiger partial charge in [-0.1, -0.05) is 12.8 Å². The van der Waals surface area contributed by atoms with Crippen LogP contribution in [-0.4, -0.2) is 18.0 Å². The molecule has 1 fully saturated rings. The molecule has 22 heavy (non-hydrogen) atoms. The zero-order chi connectivity index (χ0) is 15.0. The van der Waals surface area contributed by atoms with Gasteiger partial charge in [-0.25, -0.2) is 0 Å². The molecule has 120 valence electrons. The van der Waals surface area contributed by atoms with Gasteiger partial charge in [0.15, 0.2) is 5.76 Å². The van der Waals surface area contributed by atoms with Gasteiger partial charge in [0.05, 0.1) is 5.54 Å². The van der Waals surface area contributed by atoms with Crippen molar-refractivity contribution in [3.05, 3.63) is 35.1 Å². The quantitative estimate of drug-likeness (QED) is 0.909. The second-order valence-corrected chi connectivity index (χ2v) is 6.23. The molecule has 5 heteroatoms. The van der Waals surface area contributed by atoms with E-state index >= 15 is 0 Å². The Morgan fingerprint density at radius 1 is 1.23 bits per heavy atom. The molecule has 3 N–H and O–H groups in total. The number of nitrogens with two attached hydrogens (primary N) is 1. The predicted octanol–water partition coefficient (Wildman–Crippen LogP) is 3.47. The first-order chi connectivity index (χ1) is 10.0. The Kier molecular flexibility index (Phi) is 4.83. The summed E-state index contributed by atoms with van der Waals surface area (Å²) in [6, 6.07) is 5.85. The first kappa shape index (κ1) is 16.8. The molecule has 1 heterocycles. The van der Waals surface area contributed by atoms with E-state index in [1.165, 1.54) is 5.56 Å². The SMILES string of the molecule is Cc1cc2cc(C(=O)NC3(CN)CCCC3)oc2cc1C.Cl. The number of halogens is 1. The highest BCUT2D eigenvalue weighted by molar-refractivity contribution is 5.96. The molecule has 0 unspecified atom stereocenters. The highest BCUT2D eigenvalue weighted by atomic mass is 35.5. The van der Waals surface area contributed by atoms with Crippen LogP contribution in [0.5, 0.6) is 0 Å². The maximum Gasteiger partial charge on any atom is 0.287 e. The molecule has 1 aromatic heterocycles. The summed E-state index contributed by atoms with van der Waals surface area (Å²) in [5.41, 5.74) is 8.74. The number of rotatable bonds is 3. The lowest BCUT2D eigenvalue weighted by Gasteiger charge is -2.28. The van der Waals surface area contributed by atoms with Crippen molar-refractivity contribution < 1.29 is 9.21 Å². The van der Waals surface area contributed by atoms with Crippen LogP contribution in [0.25, 0.3) is 11.0 Å². The third-order valence-electron chi connectivity index (χ3n) is 4.69. The molecule has 1 aliphatic carbocycles. The molecule has 0 saturated heterocycles. The average Bonchev–Trinajstić information content (AvgIpc) is 3.07. The number of hydrogen-bond donors (Lipinski definition) is 2. The van der Waals surface area contributed by atoms with Crippen molar-refractivity contribution in [1.29, 1.82) is 0 Å². The molecule has 0 spiro atoms. The van der Waals surface area contributed by atoms with Crippen LogP contribution in [-0.2, 0) is 0 Å². The number of amides is 1. The molecule has 0 aliphatic heterocycles. The van der Waals surface area contributed by atoms with E-state index in [9.17, 15) is 4.79 Å². The summed E-state index contributed by atoms with van der Waals surface area (Å²) in [7, 11) is 0. The van der Waals surface area contributed by atoms with E-state index in [4.69, 9.17) is 10.2 Å². The normalized spacial score (nSPS) is 16.5. The summed E-state index contributed by atoms with van der Waals surface area (Å²) in [5, 5.41) is 4.06. The van der Waals surface area contributed by atoms with Crippen molar-refractivity contribution in [3.8, 4) is 0 Å². The highest BCUT2D eigenvalue weighted by Crippen LogP contribution is 2.30. The second kappa shape index (κ2) is 6.31. The fourth-order valence-electron chi connectivity index (χ4n) is 3.15. The van der Waals surface area contributed by atoms with E-state index in [2.05, 4.69) is 18.3 Å². The Balaban J connectivity index is 0.00000176. The Bertz CT molecular complexity index is 648. The Morgan fingerprint density at radius 3 is 2.50 bits per heavy atom.